The number of fused-ring (bicyclic) bond motifs is 1. The maximum Gasteiger partial charge on any atom is 0.243 e. The minimum absolute atomic E-state index is 0.307. The zero-order chi connectivity index (χ0) is 19.4. The molecular weight excluding hydrogens is 382 g/mol. The quantitative estimate of drug-likeness (QED) is 0.588. The van der Waals surface area contributed by atoms with Gasteiger partial charge in [-0.25, -0.2) is 13.4 Å². The Morgan fingerprint density at radius 3 is 2.37 bits per heavy atom. The lowest BCUT2D eigenvalue weighted by Gasteiger charge is -2.18. The third-order valence-corrected chi connectivity index (χ3v) is 6.79. The summed E-state index contributed by atoms with van der Waals surface area (Å²) in [5.74, 6) is 0.679. The first-order chi connectivity index (χ1) is 13.0. The molecule has 0 bridgehead atoms. The molecule has 2 aromatic carbocycles. The molecule has 0 saturated heterocycles. The smallest absolute Gasteiger partial charge is 0.243 e. The molecule has 0 unspecified atom stereocenters. The van der Waals surface area contributed by atoms with Crippen LogP contribution in [0, 0.1) is 0 Å². The molecule has 0 aliphatic heterocycles. The van der Waals surface area contributed by atoms with Crippen molar-refractivity contribution in [1.82, 2.24) is 9.29 Å². The van der Waals surface area contributed by atoms with Crippen LogP contribution < -0.4 is 5.32 Å². The number of sulfonamides is 1. The molecule has 1 aromatic heterocycles. The molecule has 0 aliphatic rings. The van der Waals surface area contributed by atoms with E-state index in [9.17, 15) is 8.42 Å². The fourth-order valence-corrected chi connectivity index (χ4v) is 4.65. The Balaban J connectivity index is 1.74. The molecule has 0 saturated carbocycles. The van der Waals surface area contributed by atoms with E-state index in [-0.39, 0.29) is 0 Å². The fourth-order valence-electron chi connectivity index (χ4n) is 2.93. The van der Waals surface area contributed by atoms with Crippen molar-refractivity contribution >= 4 is 38.2 Å². The monoisotopic (exact) mass is 403 g/mol. The highest BCUT2D eigenvalue weighted by Gasteiger charge is 2.21. The fraction of sp³-hybridized carbons (Fsp3) is 0.250. The number of aromatic nitrogens is 1. The maximum absolute atomic E-state index is 12.5. The Morgan fingerprint density at radius 2 is 1.70 bits per heavy atom. The van der Waals surface area contributed by atoms with E-state index in [2.05, 4.69) is 10.3 Å². The second-order valence-corrected chi connectivity index (χ2v) is 8.40. The van der Waals surface area contributed by atoms with Gasteiger partial charge in [-0.3, -0.25) is 0 Å². The van der Waals surface area contributed by atoms with Crippen LogP contribution in [0.3, 0.4) is 0 Å². The molecule has 0 radical (unpaired) electrons. The van der Waals surface area contributed by atoms with Crippen LogP contribution in [0.15, 0.2) is 59.5 Å². The lowest BCUT2D eigenvalue weighted by molar-refractivity contribution is 0.445. The van der Waals surface area contributed by atoms with Crippen molar-refractivity contribution in [3.05, 3.63) is 65.3 Å². The third-order valence-electron chi connectivity index (χ3n) is 4.43. The van der Waals surface area contributed by atoms with Crippen molar-refractivity contribution in [2.75, 3.05) is 18.4 Å². The van der Waals surface area contributed by atoms with E-state index in [1.807, 2.05) is 56.3 Å². The van der Waals surface area contributed by atoms with Crippen LogP contribution in [-0.4, -0.2) is 30.8 Å². The maximum atomic E-state index is 12.5. The summed E-state index contributed by atoms with van der Waals surface area (Å²) in [6.07, 6.45) is 0. The molecule has 3 aromatic rings. The van der Waals surface area contributed by atoms with Crippen molar-refractivity contribution in [3.8, 4) is 0 Å². The molecule has 3 rings (SSSR count). The summed E-state index contributed by atoms with van der Waals surface area (Å²) in [5.41, 5.74) is 0.958. The standard InChI is InChI=1S/C20H22ClN3O2S/c1-3-24(4-2)27(25,26)17-11-9-15(10-12-17)14-22-19-13-16-7-5-6-8-18(16)20(21)23-19/h5-13H,3-4,14H2,1-2H3,(H,22,23). The Hall–Kier alpha value is -2.15. The molecule has 0 atom stereocenters. The summed E-state index contributed by atoms with van der Waals surface area (Å²) < 4.78 is 26.5. The number of anilines is 1. The Morgan fingerprint density at radius 1 is 1.04 bits per heavy atom. The molecular formula is C20H22ClN3O2S. The first-order valence-electron chi connectivity index (χ1n) is 8.84. The Labute approximate surface area is 165 Å². The Bertz CT molecular complexity index is 1030. The van der Waals surface area contributed by atoms with Crippen LogP contribution in [0.25, 0.3) is 10.8 Å². The SMILES string of the molecule is CCN(CC)S(=O)(=O)c1ccc(CNc2cc3ccccc3c(Cl)n2)cc1. The number of rotatable bonds is 7. The van der Waals surface area contributed by atoms with Crippen LogP contribution in [0.5, 0.6) is 0 Å². The largest absolute Gasteiger partial charge is 0.366 e. The van der Waals surface area contributed by atoms with Gasteiger partial charge in [-0.2, -0.15) is 4.31 Å². The van der Waals surface area contributed by atoms with Crippen molar-refractivity contribution in [2.24, 2.45) is 0 Å². The van der Waals surface area contributed by atoms with Gasteiger partial charge in [-0.05, 0) is 29.1 Å². The number of nitrogens with zero attached hydrogens (tertiary/aromatic N) is 2. The normalized spacial score (nSPS) is 11.9. The zero-order valence-electron chi connectivity index (χ0n) is 15.3. The van der Waals surface area contributed by atoms with E-state index in [1.165, 1.54) is 4.31 Å². The van der Waals surface area contributed by atoms with Crippen LogP contribution in [0.4, 0.5) is 5.82 Å². The van der Waals surface area contributed by atoms with E-state index < -0.39 is 10.0 Å². The predicted octanol–water partition coefficient (Wildman–Crippen LogP) is 4.53. The molecule has 1 N–H and O–H groups in total. The molecule has 0 amide bonds. The second-order valence-electron chi connectivity index (χ2n) is 6.11. The van der Waals surface area contributed by atoms with E-state index in [0.717, 1.165) is 16.3 Å². The van der Waals surface area contributed by atoms with Crippen molar-refractivity contribution < 1.29 is 8.42 Å². The minimum atomic E-state index is -3.43. The lowest BCUT2D eigenvalue weighted by atomic mass is 10.2. The third kappa shape index (κ3) is 4.24. The first kappa shape index (κ1) is 19.6. The predicted molar refractivity (Wildman–Crippen MR) is 111 cm³/mol. The topological polar surface area (TPSA) is 62.3 Å². The van der Waals surface area contributed by atoms with Gasteiger partial charge in [0, 0.05) is 25.0 Å². The summed E-state index contributed by atoms with van der Waals surface area (Å²) in [5, 5.41) is 5.62. The lowest BCUT2D eigenvalue weighted by Crippen LogP contribution is -2.30. The van der Waals surface area contributed by atoms with Gasteiger partial charge in [0.2, 0.25) is 10.0 Å². The van der Waals surface area contributed by atoms with Crippen molar-refractivity contribution in [2.45, 2.75) is 25.3 Å². The van der Waals surface area contributed by atoms with Gasteiger partial charge in [0.1, 0.15) is 11.0 Å². The van der Waals surface area contributed by atoms with Crippen molar-refractivity contribution in [1.29, 1.82) is 0 Å². The molecule has 0 fully saturated rings. The van der Waals surface area contributed by atoms with Gasteiger partial charge in [-0.1, -0.05) is 61.8 Å². The molecule has 27 heavy (non-hydrogen) atoms. The number of benzene rings is 2. The number of nitrogens with one attached hydrogen (secondary N) is 1. The second kappa shape index (κ2) is 8.25. The van der Waals surface area contributed by atoms with Gasteiger partial charge in [0.05, 0.1) is 4.90 Å². The highest BCUT2D eigenvalue weighted by molar-refractivity contribution is 7.89. The molecule has 0 spiro atoms. The molecule has 7 heteroatoms. The van der Waals surface area contributed by atoms with E-state index in [4.69, 9.17) is 11.6 Å². The molecule has 1 heterocycles. The summed E-state index contributed by atoms with van der Waals surface area (Å²) in [6.45, 7) is 5.10. The van der Waals surface area contributed by atoms with Crippen LogP contribution in [0.1, 0.15) is 19.4 Å². The highest BCUT2D eigenvalue weighted by Crippen LogP contribution is 2.24. The van der Waals surface area contributed by atoms with Gasteiger partial charge < -0.3 is 5.32 Å². The first-order valence-corrected chi connectivity index (χ1v) is 10.7. The van der Waals surface area contributed by atoms with Crippen LogP contribution in [-0.2, 0) is 16.6 Å². The minimum Gasteiger partial charge on any atom is -0.366 e. The summed E-state index contributed by atoms with van der Waals surface area (Å²) in [4.78, 5) is 4.68. The molecule has 142 valence electrons. The molecule has 5 nitrogen and oxygen atoms in total. The van der Waals surface area contributed by atoms with Gasteiger partial charge in [0.25, 0.3) is 0 Å². The number of halogens is 1. The van der Waals surface area contributed by atoms with Crippen molar-refractivity contribution in [3.63, 3.8) is 0 Å². The van der Waals surface area contributed by atoms with Crippen LogP contribution >= 0.6 is 11.6 Å². The van der Waals surface area contributed by atoms with Crippen LogP contribution in [0.2, 0.25) is 5.15 Å². The zero-order valence-corrected chi connectivity index (χ0v) is 16.9. The van der Waals surface area contributed by atoms with Gasteiger partial charge in [-0.15, -0.1) is 0 Å². The van der Waals surface area contributed by atoms with Gasteiger partial charge >= 0.3 is 0 Å². The number of hydrogen-bond donors (Lipinski definition) is 1. The number of pyridine rings is 1. The van der Waals surface area contributed by atoms with E-state index >= 15 is 0 Å². The van der Waals surface area contributed by atoms with E-state index in [0.29, 0.717) is 35.5 Å². The summed E-state index contributed by atoms with van der Waals surface area (Å²) in [6, 6.07) is 16.7. The number of hydrogen-bond acceptors (Lipinski definition) is 4. The van der Waals surface area contributed by atoms with Gasteiger partial charge in [0.15, 0.2) is 0 Å². The highest BCUT2D eigenvalue weighted by atomic mass is 35.5. The van der Waals surface area contributed by atoms with E-state index in [1.54, 1.807) is 12.1 Å². The molecule has 0 aliphatic carbocycles. The Kier molecular flexibility index (Phi) is 5.99. The average molecular weight is 404 g/mol. The summed E-state index contributed by atoms with van der Waals surface area (Å²) in [7, 11) is -3.43. The average Bonchev–Trinajstić information content (AvgIpc) is 2.67. The summed E-state index contributed by atoms with van der Waals surface area (Å²) >= 11 is 6.25.